The number of nitriles is 1. The molecule has 1 saturated heterocycles. The zero-order valence-corrected chi connectivity index (χ0v) is 9.82. The second kappa shape index (κ2) is 4.27. The number of rotatable bonds is 2. The Morgan fingerprint density at radius 1 is 1.56 bits per heavy atom. The van der Waals surface area contributed by atoms with Crippen molar-refractivity contribution in [1.82, 2.24) is 9.21 Å². The van der Waals surface area contributed by atoms with E-state index in [1.165, 1.54) is 6.07 Å². The molecule has 88 valence electrons. The standard InChI is InChI=1S/C7H8ClN3O4S/c1-5(4-9)16(14,15)11-3-2-10(6(8)12)7(11)13/h5H,2-3H2,1H3. The number of amides is 3. The summed E-state index contributed by atoms with van der Waals surface area (Å²) in [7, 11) is -4.03. The quantitative estimate of drug-likeness (QED) is 0.529. The van der Waals surface area contributed by atoms with Gasteiger partial charge in [0.05, 0.1) is 19.2 Å². The summed E-state index contributed by atoms with van der Waals surface area (Å²) >= 11 is 5.09. The zero-order valence-electron chi connectivity index (χ0n) is 8.25. The van der Waals surface area contributed by atoms with Gasteiger partial charge in [-0.15, -0.1) is 0 Å². The summed E-state index contributed by atoms with van der Waals surface area (Å²) in [6.45, 7) is 0.887. The maximum absolute atomic E-state index is 11.6. The van der Waals surface area contributed by atoms with Crippen LogP contribution in [0, 0.1) is 11.3 Å². The molecule has 1 rings (SSSR count). The highest BCUT2D eigenvalue weighted by atomic mass is 35.5. The lowest BCUT2D eigenvalue weighted by atomic mass is 10.5. The highest BCUT2D eigenvalue weighted by Gasteiger charge is 2.41. The highest BCUT2D eigenvalue weighted by Crippen LogP contribution is 2.18. The first-order chi connectivity index (χ1) is 7.32. The lowest BCUT2D eigenvalue weighted by Gasteiger charge is -2.17. The second-order valence-corrected chi connectivity index (χ2v) is 5.58. The third kappa shape index (κ3) is 1.96. The number of carbonyl (C=O) groups is 2. The summed E-state index contributed by atoms with van der Waals surface area (Å²) < 4.78 is 23.8. The predicted molar refractivity (Wildman–Crippen MR) is 54.1 cm³/mol. The van der Waals surface area contributed by atoms with Crippen LogP contribution in [0.15, 0.2) is 0 Å². The summed E-state index contributed by atoms with van der Waals surface area (Å²) in [6, 6.07) is 0.516. The van der Waals surface area contributed by atoms with Crippen molar-refractivity contribution in [1.29, 1.82) is 5.26 Å². The van der Waals surface area contributed by atoms with E-state index in [1.807, 2.05) is 0 Å². The van der Waals surface area contributed by atoms with E-state index < -0.39 is 26.7 Å². The first kappa shape index (κ1) is 12.7. The normalized spacial score (nSPS) is 18.4. The Morgan fingerprint density at radius 2 is 2.12 bits per heavy atom. The molecule has 1 atom stereocenters. The van der Waals surface area contributed by atoms with E-state index in [1.54, 1.807) is 0 Å². The molecule has 1 aliphatic rings. The van der Waals surface area contributed by atoms with Crippen molar-refractivity contribution in [2.24, 2.45) is 0 Å². The molecular formula is C7H8ClN3O4S. The minimum Gasteiger partial charge on any atom is -0.255 e. The van der Waals surface area contributed by atoms with Crippen molar-refractivity contribution in [3.63, 3.8) is 0 Å². The van der Waals surface area contributed by atoms with Gasteiger partial charge in [-0.1, -0.05) is 0 Å². The van der Waals surface area contributed by atoms with Gasteiger partial charge >= 0.3 is 11.4 Å². The summed E-state index contributed by atoms with van der Waals surface area (Å²) in [4.78, 5) is 22.8. The molecule has 1 unspecified atom stereocenters. The lowest BCUT2D eigenvalue weighted by molar-refractivity contribution is 0.205. The molecule has 0 aliphatic carbocycles. The fourth-order valence-electron chi connectivity index (χ4n) is 1.17. The van der Waals surface area contributed by atoms with Crippen molar-refractivity contribution in [3.05, 3.63) is 0 Å². The number of halogens is 1. The van der Waals surface area contributed by atoms with Crippen LogP contribution in [0.2, 0.25) is 0 Å². The molecule has 0 bridgehead atoms. The molecule has 0 aromatic heterocycles. The van der Waals surface area contributed by atoms with Gasteiger partial charge in [-0.2, -0.15) is 5.26 Å². The Hall–Kier alpha value is -1.33. The van der Waals surface area contributed by atoms with E-state index in [0.717, 1.165) is 6.92 Å². The number of imide groups is 1. The van der Waals surface area contributed by atoms with E-state index in [-0.39, 0.29) is 13.1 Å². The number of carbonyl (C=O) groups excluding carboxylic acids is 2. The third-order valence-electron chi connectivity index (χ3n) is 2.12. The van der Waals surface area contributed by atoms with E-state index in [2.05, 4.69) is 0 Å². The maximum Gasteiger partial charge on any atom is 0.341 e. The van der Waals surface area contributed by atoms with Crippen molar-refractivity contribution in [3.8, 4) is 6.07 Å². The Labute approximate surface area is 97.2 Å². The van der Waals surface area contributed by atoms with Crippen LogP contribution in [0.25, 0.3) is 0 Å². The number of urea groups is 1. The smallest absolute Gasteiger partial charge is 0.255 e. The second-order valence-electron chi connectivity index (χ2n) is 3.08. The number of hydrogen-bond donors (Lipinski definition) is 0. The van der Waals surface area contributed by atoms with Crippen molar-refractivity contribution in [2.75, 3.05) is 13.1 Å². The molecule has 1 heterocycles. The third-order valence-corrected chi connectivity index (χ3v) is 4.28. The van der Waals surface area contributed by atoms with Crippen LogP contribution in [-0.4, -0.2) is 47.4 Å². The minimum atomic E-state index is -4.03. The van der Waals surface area contributed by atoms with Crippen LogP contribution in [-0.2, 0) is 10.0 Å². The van der Waals surface area contributed by atoms with Gasteiger partial charge in [0.25, 0.3) is 10.0 Å². The predicted octanol–water partition coefficient (Wildman–Crippen LogP) is 0.325. The Bertz CT molecular complexity index is 469. The van der Waals surface area contributed by atoms with Gasteiger partial charge in [0, 0.05) is 0 Å². The first-order valence-corrected chi connectivity index (χ1v) is 6.12. The van der Waals surface area contributed by atoms with E-state index in [4.69, 9.17) is 16.9 Å². The van der Waals surface area contributed by atoms with E-state index in [9.17, 15) is 18.0 Å². The largest absolute Gasteiger partial charge is 0.341 e. The number of hydrogen-bond acceptors (Lipinski definition) is 5. The fourth-order valence-corrected chi connectivity index (χ4v) is 2.50. The molecule has 3 amide bonds. The van der Waals surface area contributed by atoms with Gasteiger partial charge in [0.1, 0.15) is 0 Å². The van der Waals surface area contributed by atoms with E-state index >= 15 is 0 Å². The van der Waals surface area contributed by atoms with Gasteiger partial charge < -0.3 is 0 Å². The molecule has 0 aromatic carbocycles. The zero-order chi connectivity index (χ0) is 12.5. The summed E-state index contributed by atoms with van der Waals surface area (Å²) in [5.41, 5.74) is 0. The first-order valence-electron chi connectivity index (χ1n) is 4.24. The maximum atomic E-state index is 11.6. The molecule has 0 spiro atoms. The van der Waals surface area contributed by atoms with Gasteiger partial charge in [0.2, 0.25) is 0 Å². The highest BCUT2D eigenvalue weighted by molar-refractivity contribution is 7.90. The SMILES string of the molecule is CC(C#N)S(=O)(=O)N1CCN(C(=O)Cl)C1=O. The molecular weight excluding hydrogens is 258 g/mol. The Balaban J connectivity index is 3.00. The molecule has 7 nitrogen and oxygen atoms in total. The van der Waals surface area contributed by atoms with Crippen LogP contribution < -0.4 is 0 Å². The molecule has 1 aliphatic heterocycles. The summed E-state index contributed by atoms with van der Waals surface area (Å²) in [5, 5.41) is 6.14. The van der Waals surface area contributed by atoms with Gasteiger partial charge in [-0.25, -0.2) is 22.4 Å². The van der Waals surface area contributed by atoms with Gasteiger partial charge in [-0.3, -0.25) is 4.79 Å². The molecule has 0 N–H and O–H groups in total. The van der Waals surface area contributed by atoms with Crippen LogP contribution in [0.4, 0.5) is 9.59 Å². The summed E-state index contributed by atoms with van der Waals surface area (Å²) in [6.07, 6.45) is 0. The molecule has 1 fully saturated rings. The lowest BCUT2D eigenvalue weighted by Crippen LogP contribution is -2.40. The molecule has 0 aromatic rings. The molecule has 9 heteroatoms. The average molecular weight is 266 g/mol. The molecule has 0 saturated carbocycles. The minimum absolute atomic E-state index is 0.0987. The number of sulfonamides is 1. The van der Waals surface area contributed by atoms with Crippen LogP contribution >= 0.6 is 11.6 Å². The Kier molecular flexibility index (Phi) is 3.40. The monoisotopic (exact) mass is 265 g/mol. The molecule has 16 heavy (non-hydrogen) atoms. The number of nitrogens with zero attached hydrogens (tertiary/aromatic N) is 3. The van der Waals surface area contributed by atoms with Crippen molar-refractivity contribution >= 4 is 33.0 Å². The van der Waals surface area contributed by atoms with Gasteiger partial charge in [0.15, 0.2) is 5.25 Å². The van der Waals surface area contributed by atoms with Crippen LogP contribution in [0.1, 0.15) is 6.92 Å². The summed E-state index contributed by atoms with van der Waals surface area (Å²) in [5.74, 6) is 0. The van der Waals surface area contributed by atoms with Crippen LogP contribution in [0.3, 0.4) is 0 Å². The van der Waals surface area contributed by atoms with E-state index in [0.29, 0.717) is 9.21 Å². The van der Waals surface area contributed by atoms with Crippen molar-refractivity contribution < 1.29 is 18.0 Å². The topological polar surface area (TPSA) is 98.5 Å². The Morgan fingerprint density at radius 3 is 2.50 bits per heavy atom. The average Bonchev–Trinajstić information content (AvgIpc) is 2.59. The fraction of sp³-hybridized carbons (Fsp3) is 0.571. The van der Waals surface area contributed by atoms with Gasteiger partial charge in [-0.05, 0) is 18.5 Å². The van der Waals surface area contributed by atoms with Crippen LogP contribution in [0.5, 0.6) is 0 Å². The molecule has 0 radical (unpaired) electrons. The van der Waals surface area contributed by atoms with Crippen molar-refractivity contribution in [2.45, 2.75) is 12.2 Å².